The zero-order chi connectivity index (χ0) is 15.6. The number of rotatable bonds is 2. The largest absolute Gasteiger partial charge is 0.398 e. The molecule has 0 fully saturated rings. The van der Waals surface area contributed by atoms with Crippen molar-refractivity contribution in [1.82, 2.24) is 0 Å². The minimum absolute atomic E-state index is 0.0592. The van der Waals surface area contributed by atoms with Gasteiger partial charge in [-0.2, -0.15) is 5.26 Å². The van der Waals surface area contributed by atoms with Crippen LogP contribution in [0, 0.1) is 24.1 Å². The van der Waals surface area contributed by atoms with Crippen molar-refractivity contribution in [2.24, 2.45) is 0 Å². The van der Waals surface area contributed by atoms with Crippen LogP contribution < -0.4 is 11.1 Å². The summed E-state index contributed by atoms with van der Waals surface area (Å²) in [4.78, 5) is 12.3. The lowest BCUT2D eigenvalue weighted by molar-refractivity contribution is 0.102. The second-order valence-corrected chi connectivity index (χ2v) is 5.34. The summed E-state index contributed by atoms with van der Waals surface area (Å²) < 4.78 is 13.8. The fourth-order valence-corrected chi connectivity index (χ4v) is 2.32. The summed E-state index contributed by atoms with van der Waals surface area (Å²) in [6.45, 7) is 1.73. The molecule has 0 unspecified atom stereocenters. The third-order valence-corrected chi connectivity index (χ3v) is 3.47. The number of carbonyl (C=O) groups is 1. The van der Waals surface area contributed by atoms with Gasteiger partial charge >= 0.3 is 0 Å². The lowest BCUT2D eigenvalue weighted by atomic mass is 10.1. The number of nitriles is 1. The fourth-order valence-electron chi connectivity index (χ4n) is 1.84. The molecular weight excluding hydrogens is 337 g/mol. The standard InChI is InChI=1S/C15H11BrFN3O/c1-8-12(5-10(16)6-13(8)19)15(21)20-14-3-2-11(17)4-9(14)7-18/h2-6H,19H2,1H3,(H,20,21). The molecule has 0 spiro atoms. The third-order valence-electron chi connectivity index (χ3n) is 3.01. The average Bonchev–Trinajstić information content (AvgIpc) is 2.44. The van der Waals surface area contributed by atoms with E-state index in [0.717, 1.165) is 6.07 Å². The first-order valence-electron chi connectivity index (χ1n) is 5.99. The smallest absolute Gasteiger partial charge is 0.256 e. The van der Waals surface area contributed by atoms with Gasteiger partial charge in [0.2, 0.25) is 0 Å². The van der Waals surface area contributed by atoms with Crippen molar-refractivity contribution in [3.8, 4) is 6.07 Å². The highest BCUT2D eigenvalue weighted by molar-refractivity contribution is 9.10. The number of halogens is 2. The molecule has 6 heteroatoms. The van der Waals surface area contributed by atoms with Crippen LogP contribution in [0.2, 0.25) is 0 Å². The molecular formula is C15H11BrFN3O. The molecule has 3 N–H and O–H groups in total. The van der Waals surface area contributed by atoms with Crippen LogP contribution in [0.5, 0.6) is 0 Å². The SMILES string of the molecule is Cc1c(N)cc(Br)cc1C(=O)Nc1ccc(F)cc1C#N. The van der Waals surface area contributed by atoms with Crippen LogP contribution in [-0.4, -0.2) is 5.91 Å². The van der Waals surface area contributed by atoms with Gasteiger partial charge in [0, 0.05) is 15.7 Å². The number of benzene rings is 2. The van der Waals surface area contributed by atoms with E-state index in [1.165, 1.54) is 12.1 Å². The molecule has 0 saturated heterocycles. The summed E-state index contributed by atoms with van der Waals surface area (Å²) in [7, 11) is 0. The van der Waals surface area contributed by atoms with E-state index in [9.17, 15) is 9.18 Å². The minimum Gasteiger partial charge on any atom is -0.398 e. The maximum absolute atomic E-state index is 13.1. The molecule has 2 rings (SSSR count). The van der Waals surface area contributed by atoms with E-state index in [-0.39, 0.29) is 11.3 Å². The van der Waals surface area contributed by atoms with Crippen molar-refractivity contribution in [2.75, 3.05) is 11.1 Å². The number of hydrogen-bond acceptors (Lipinski definition) is 3. The van der Waals surface area contributed by atoms with Gasteiger partial charge in [-0.05, 0) is 42.8 Å². The predicted octanol–water partition coefficient (Wildman–Crippen LogP) is 3.60. The summed E-state index contributed by atoms with van der Waals surface area (Å²) in [5.74, 6) is -0.948. The highest BCUT2D eigenvalue weighted by atomic mass is 79.9. The van der Waals surface area contributed by atoms with Gasteiger partial charge in [-0.1, -0.05) is 15.9 Å². The van der Waals surface area contributed by atoms with Gasteiger partial charge in [-0.15, -0.1) is 0 Å². The maximum Gasteiger partial charge on any atom is 0.256 e. The van der Waals surface area contributed by atoms with Crippen LogP contribution in [0.25, 0.3) is 0 Å². The Morgan fingerprint density at radius 1 is 1.38 bits per heavy atom. The molecule has 4 nitrogen and oxygen atoms in total. The number of amides is 1. The zero-order valence-electron chi connectivity index (χ0n) is 11.1. The monoisotopic (exact) mass is 347 g/mol. The van der Waals surface area contributed by atoms with E-state index in [4.69, 9.17) is 11.0 Å². The van der Waals surface area contributed by atoms with E-state index in [1.54, 1.807) is 19.1 Å². The van der Waals surface area contributed by atoms with Crippen LogP contribution in [0.15, 0.2) is 34.8 Å². The molecule has 0 aromatic heterocycles. The summed E-state index contributed by atoms with van der Waals surface area (Å²) in [6, 6.07) is 8.77. The molecule has 0 heterocycles. The van der Waals surface area contributed by atoms with Gasteiger partial charge in [-0.3, -0.25) is 4.79 Å². The Hall–Kier alpha value is -2.39. The van der Waals surface area contributed by atoms with Crippen molar-refractivity contribution >= 4 is 33.2 Å². The Bertz CT molecular complexity index is 768. The summed E-state index contributed by atoms with van der Waals surface area (Å²) in [5, 5.41) is 11.6. The Labute approximate surface area is 129 Å². The van der Waals surface area contributed by atoms with Gasteiger partial charge in [0.15, 0.2) is 0 Å². The van der Waals surface area contributed by atoms with E-state index < -0.39 is 11.7 Å². The minimum atomic E-state index is -0.535. The number of anilines is 2. The van der Waals surface area contributed by atoms with E-state index >= 15 is 0 Å². The first-order valence-corrected chi connectivity index (χ1v) is 6.78. The molecule has 1 amide bonds. The molecule has 106 valence electrons. The van der Waals surface area contributed by atoms with Gasteiger partial charge in [0.05, 0.1) is 11.3 Å². The van der Waals surface area contributed by atoms with Crippen LogP contribution in [0.1, 0.15) is 21.5 Å². The number of nitrogen functional groups attached to an aromatic ring is 1. The second-order valence-electron chi connectivity index (χ2n) is 4.42. The van der Waals surface area contributed by atoms with Crippen molar-refractivity contribution < 1.29 is 9.18 Å². The topological polar surface area (TPSA) is 78.9 Å². The molecule has 0 aliphatic rings. The number of carbonyl (C=O) groups excluding carboxylic acids is 1. The highest BCUT2D eigenvalue weighted by Gasteiger charge is 2.14. The van der Waals surface area contributed by atoms with E-state index in [0.29, 0.717) is 21.3 Å². The van der Waals surface area contributed by atoms with Crippen molar-refractivity contribution in [3.05, 3.63) is 57.3 Å². The maximum atomic E-state index is 13.1. The summed E-state index contributed by atoms with van der Waals surface area (Å²) in [6.07, 6.45) is 0. The van der Waals surface area contributed by atoms with Crippen LogP contribution >= 0.6 is 15.9 Å². The van der Waals surface area contributed by atoms with Crippen LogP contribution in [-0.2, 0) is 0 Å². The number of nitrogens with one attached hydrogen (secondary N) is 1. The van der Waals surface area contributed by atoms with Crippen molar-refractivity contribution in [1.29, 1.82) is 5.26 Å². The summed E-state index contributed by atoms with van der Waals surface area (Å²) >= 11 is 3.28. The first-order chi connectivity index (χ1) is 9.92. The molecule has 2 aromatic carbocycles. The average molecular weight is 348 g/mol. The molecule has 0 radical (unpaired) electrons. The highest BCUT2D eigenvalue weighted by Crippen LogP contribution is 2.24. The Morgan fingerprint density at radius 3 is 2.76 bits per heavy atom. The normalized spacial score (nSPS) is 10.0. The van der Waals surface area contributed by atoms with Crippen molar-refractivity contribution in [3.63, 3.8) is 0 Å². The first kappa shape index (κ1) is 15.0. The van der Waals surface area contributed by atoms with Gasteiger partial charge in [-0.25, -0.2) is 4.39 Å². The van der Waals surface area contributed by atoms with Crippen LogP contribution in [0.4, 0.5) is 15.8 Å². The van der Waals surface area contributed by atoms with Crippen LogP contribution in [0.3, 0.4) is 0 Å². The molecule has 0 aliphatic carbocycles. The molecule has 2 aromatic rings. The molecule has 0 aliphatic heterocycles. The van der Waals surface area contributed by atoms with E-state index in [1.807, 2.05) is 6.07 Å². The Kier molecular flexibility index (Phi) is 4.24. The fraction of sp³-hybridized carbons (Fsp3) is 0.0667. The Morgan fingerprint density at radius 2 is 2.10 bits per heavy atom. The number of nitrogens with zero attached hydrogens (tertiary/aromatic N) is 1. The quantitative estimate of drug-likeness (QED) is 0.814. The predicted molar refractivity (Wildman–Crippen MR) is 82.4 cm³/mol. The second kappa shape index (κ2) is 5.94. The third kappa shape index (κ3) is 3.20. The number of nitrogens with two attached hydrogens (primary N) is 1. The summed E-state index contributed by atoms with van der Waals surface area (Å²) in [5.41, 5.74) is 7.63. The number of hydrogen-bond donors (Lipinski definition) is 2. The van der Waals surface area contributed by atoms with Gasteiger partial charge in [0.25, 0.3) is 5.91 Å². The molecule has 0 bridgehead atoms. The zero-order valence-corrected chi connectivity index (χ0v) is 12.7. The van der Waals surface area contributed by atoms with Gasteiger partial charge < -0.3 is 11.1 Å². The lowest BCUT2D eigenvalue weighted by Crippen LogP contribution is -2.15. The van der Waals surface area contributed by atoms with Gasteiger partial charge in [0.1, 0.15) is 11.9 Å². The molecule has 0 atom stereocenters. The van der Waals surface area contributed by atoms with Crippen molar-refractivity contribution in [2.45, 2.75) is 6.92 Å². The Balaban J connectivity index is 2.38. The lowest BCUT2D eigenvalue weighted by Gasteiger charge is -2.11. The van der Waals surface area contributed by atoms with E-state index in [2.05, 4.69) is 21.2 Å². The molecule has 0 saturated carbocycles. The molecule has 21 heavy (non-hydrogen) atoms.